The van der Waals surface area contributed by atoms with Crippen LogP contribution in [0.25, 0.3) is 0 Å². The Kier molecular flexibility index (Phi) is 2.18. The molecule has 0 aromatic heterocycles. The van der Waals surface area contributed by atoms with E-state index >= 15 is 0 Å². The van der Waals surface area contributed by atoms with E-state index in [9.17, 15) is 5.11 Å². The predicted octanol–water partition coefficient (Wildman–Crippen LogP) is 2.13. The molecule has 0 saturated heterocycles. The van der Waals surface area contributed by atoms with Gasteiger partial charge in [0.15, 0.2) is 0 Å². The molecule has 1 rings (SSSR count). The van der Waals surface area contributed by atoms with Gasteiger partial charge in [-0.2, -0.15) is 0 Å². The Morgan fingerprint density at radius 3 is 2.64 bits per heavy atom. The van der Waals surface area contributed by atoms with Crippen molar-refractivity contribution in [2.45, 2.75) is 12.8 Å². The summed E-state index contributed by atoms with van der Waals surface area (Å²) in [6.45, 7) is 1.88. The van der Waals surface area contributed by atoms with E-state index < -0.39 is 0 Å². The van der Waals surface area contributed by atoms with Gasteiger partial charge in [-0.05, 0) is 13.0 Å². The quantitative estimate of drug-likeness (QED) is 0.602. The standard InChI is InChI=1S/C10H10O/c1-3-8(2)9-6-4-5-7-10(9)11/h1,4-8,11H,2H3. The van der Waals surface area contributed by atoms with Gasteiger partial charge in [0, 0.05) is 11.5 Å². The van der Waals surface area contributed by atoms with E-state index in [-0.39, 0.29) is 11.7 Å². The molecule has 0 aliphatic carbocycles. The van der Waals surface area contributed by atoms with Crippen molar-refractivity contribution in [3.05, 3.63) is 29.8 Å². The molecule has 0 aliphatic rings. The van der Waals surface area contributed by atoms with Crippen LogP contribution in [0.5, 0.6) is 5.75 Å². The number of para-hydroxylation sites is 1. The Balaban J connectivity index is 3.05. The zero-order chi connectivity index (χ0) is 8.27. The molecule has 56 valence electrons. The summed E-state index contributed by atoms with van der Waals surface area (Å²) in [7, 11) is 0. The number of phenolic OH excluding ortho intramolecular Hbond substituents is 1. The van der Waals surface area contributed by atoms with Crippen LogP contribution < -0.4 is 0 Å². The predicted molar refractivity (Wildman–Crippen MR) is 45.4 cm³/mol. The van der Waals surface area contributed by atoms with Crippen molar-refractivity contribution < 1.29 is 5.11 Å². The number of aromatic hydroxyl groups is 1. The van der Waals surface area contributed by atoms with Crippen LogP contribution in [0.3, 0.4) is 0 Å². The first-order valence-electron chi connectivity index (χ1n) is 3.49. The molecular weight excluding hydrogens is 136 g/mol. The fourth-order valence-electron chi connectivity index (χ4n) is 0.943. The Labute approximate surface area is 66.7 Å². The third-order valence-electron chi connectivity index (χ3n) is 1.65. The summed E-state index contributed by atoms with van der Waals surface area (Å²) in [6.07, 6.45) is 5.21. The molecule has 0 saturated carbocycles. The lowest BCUT2D eigenvalue weighted by molar-refractivity contribution is 0.467. The van der Waals surface area contributed by atoms with E-state index in [1.165, 1.54) is 0 Å². The molecule has 1 nitrogen and oxygen atoms in total. The Morgan fingerprint density at radius 2 is 2.09 bits per heavy atom. The second kappa shape index (κ2) is 3.12. The molecule has 1 atom stereocenters. The van der Waals surface area contributed by atoms with Crippen LogP contribution in [-0.4, -0.2) is 5.11 Å². The fraction of sp³-hybridized carbons (Fsp3) is 0.200. The van der Waals surface area contributed by atoms with Crippen molar-refractivity contribution in [3.8, 4) is 18.1 Å². The first-order valence-corrected chi connectivity index (χ1v) is 3.49. The van der Waals surface area contributed by atoms with Gasteiger partial charge >= 0.3 is 0 Å². The molecule has 1 aromatic rings. The summed E-state index contributed by atoms with van der Waals surface area (Å²) >= 11 is 0. The topological polar surface area (TPSA) is 20.2 Å². The normalized spacial score (nSPS) is 12.0. The summed E-state index contributed by atoms with van der Waals surface area (Å²) < 4.78 is 0. The SMILES string of the molecule is C#CC(C)c1ccccc1O. The zero-order valence-corrected chi connectivity index (χ0v) is 6.41. The van der Waals surface area contributed by atoms with Crippen LogP contribution in [0.1, 0.15) is 18.4 Å². The maximum absolute atomic E-state index is 9.32. The second-order valence-electron chi connectivity index (χ2n) is 2.45. The third kappa shape index (κ3) is 1.53. The average Bonchev–Trinajstić information content (AvgIpc) is 2.04. The lowest BCUT2D eigenvalue weighted by Gasteiger charge is -2.05. The Morgan fingerprint density at radius 1 is 1.45 bits per heavy atom. The smallest absolute Gasteiger partial charge is 0.120 e. The number of hydrogen-bond donors (Lipinski definition) is 1. The number of hydrogen-bond acceptors (Lipinski definition) is 1. The molecule has 1 N–H and O–H groups in total. The van der Waals surface area contributed by atoms with Crippen molar-refractivity contribution in [2.75, 3.05) is 0 Å². The van der Waals surface area contributed by atoms with Gasteiger partial charge in [-0.15, -0.1) is 6.42 Å². The van der Waals surface area contributed by atoms with Crippen LogP contribution in [-0.2, 0) is 0 Å². The molecule has 0 fully saturated rings. The van der Waals surface area contributed by atoms with E-state index in [0.29, 0.717) is 0 Å². The molecule has 0 radical (unpaired) electrons. The summed E-state index contributed by atoms with van der Waals surface area (Å²) in [5.74, 6) is 2.82. The molecule has 11 heavy (non-hydrogen) atoms. The van der Waals surface area contributed by atoms with E-state index in [4.69, 9.17) is 6.42 Å². The minimum Gasteiger partial charge on any atom is -0.508 e. The van der Waals surface area contributed by atoms with Crippen molar-refractivity contribution in [1.29, 1.82) is 0 Å². The molecule has 0 amide bonds. The molecule has 1 heteroatoms. The van der Waals surface area contributed by atoms with E-state index in [1.807, 2.05) is 19.1 Å². The number of benzene rings is 1. The van der Waals surface area contributed by atoms with Crippen LogP contribution in [0.2, 0.25) is 0 Å². The van der Waals surface area contributed by atoms with Gasteiger partial charge in [0.05, 0.1) is 0 Å². The highest BCUT2D eigenvalue weighted by Gasteiger charge is 2.04. The highest BCUT2D eigenvalue weighted by molar-refractivity contribution is 5.37. The van der Waals surface area contributed by atoms with Crippen molar-refractivity contribution >= 4 is 0 Å². The summed E-state index contributed by atoms with van der Waals surface area (Å²) in [5, 5.41) is 9.32. The number of rotatable bonds is 1. The largest absolute Gasteiger partial charge is 0.508 e. The highest BCUT2D eigenvalue weighted by atomic mass is 16.3. The van der Waals surface area contributed by atoms with Crippen LogP contribution in [0.15, 0.2) is 24.3 Å². The molecule has 0 heterocycles. The van der Waals surface area contributed by atoms with Crippen molar-refractivity contribution in [1.82, 2.24) is 0 Å². The molecule has 0 aliphatic heterocycles. The van der Waals surface area contributed by atoms with Gasteiger partial charge in [0.2, 0.25) is 0 Å². The molecular formula is C10H10O. The minimum atomic E-state index is -0.0174. The lowest BCUT2D eigenvalue weighted by Crippen LogP contribution is -1.88. The Hall–Kier alpha value is -1.42. The number of terminal acetylenes is 1. The molecule has 1 aromatic carbocycles. The van der Waals surface area contributed by atoms with E-state index in [2.05, 4.69) is 5.92 Å². The summed E-state index contributed by atoms with van der Waals surface area (Å²) in [5.41, 5.74) is 0.815. The lowest BCUT2D eigenvalue weighted by atomic mass is 10.0. The maximum atomic E-state index is 9.32. The van der Waals surface area contributed by atoms with Crippen LogP contribution in [0.4, 0.5) is 0 Å². The average molecular weight is 146 g/mol. The Bertz CT molecular complexity index is 283. The van der Waals surface area contributed by atoms with Gasteiger partial charge in [-0.25, -0.2) is 0 Å². The van der Waals surface area contributed by atoms with Gasteiger partial charge in [-0.1, -0.05) is 24.1 Å². The first-order chi connectivity index (χ1) is 5.25. The van der Waals surface area contributed by atoms with Crippen molar-refractivity contribution in [2.24, 2.45) is 0 Å². The maximum Gasteiger partial charge on any atom is 0.120 e. The zero-order valence-electron chi connectivity index (χ0n) is 6.41. The summed E-state index contributed by atoms with van der Waals surface area (Å²) in [4.78, 5) is 0. The summed E-state index contributed by atoms with van der Waals surface area (Å²) in [6, 6.07) is 7.12. The highest BCUT2D eigenvalue weighted by Crippen LogP contribution is 2.23. The van der Waals surface area contributed by atoms with Crippen molar-refractivity contribution in [3.63, 3.8) is 0 Å². The van der Waals surface area contributed by atoms with Gasteiger partial charge < -0.3 is 5.11 Å². The fourth-order valence-corrected chi connectivity index (χ4v) is 0.943. The van der Waals surface area contributed by atoms with Crippen LogP contribution >= 0.6 is 0 Å². The first kappa shape index (κ1) is 7.68. The van der Waals surface area contributed by atoms with E-state index in [1.54, 1.807) is 12.1 Å². The molecule has 0 bridgehead atoms. The van der Waals surface area contributed by atoms with Crippen LogP contribution in [0, 0.1) is 12.3 Å². The number of phenols is 1. The van der Waals surface area contributed by atoms with Gasteiger partial charge in [0.1, 0.15) is 5.75 Å². The third-order valence-corrected chi connectivity index (χ3v) is 1.65. The van der Waals surface area contributed by atoms with E-state index in [0.717, 1.165) is 5.56 Å². The van der Waals surface area contributed by atoms with Gasteiger partial charge in [0.25, 0.3) is 0 Å². The molecule has 0 spiro atoms. The minimum absolute atomic E-state index is 0.0174. The second-order valence-corrected chi connectivity index (χ2v) is 2.45. The monoisotopic (exact) mass is 146 g/mol. The van der Waals surface area contributed by atoms with Gasteiger partial charge in [-0.3, -0.25) is 0 Å². The molecule has 1 unspecified atom stereocenters.